The van der Waals surface area contributed by atoms with Gasteiger partial charge in [0.2, 0.25) is 12.2 Å². The smallest absolute Gasteiger partial charge is 0.247 e. The summed E-state index contributed by atoms with van der Waals surface area (Å²) in [5.74, 6) is -0.345. The van der Waals surface area contributed by atoms with E-state index >= 15 is 0 Å². The number of nitrogens with zero attached hydrogens (tertiary/aromatic N) is 1. The van der Waals surface area contributed by atoms with E-state index in [0.717, 1.165) is 20.8 Å². The van der Waals surface area contributed by atoms with Crippen molar-refractivity contribution in [1.82, 2.24) is 10.3 Å². The number of carbonyl (C=O) groups is 1. The van der Waals surface area contributed by atoms with Crippen molar-refractivity contribution < 1.29 is 59.1 Å². The van der Waals surface area contributed by atoms with Crippen molar-refractivity contribution in [1.29, 1.82) is 0 Å². The van der Waals surface area contributed by atoms with Crippen LogP contribution in [0, 0.1) is 0 Å². The molecule has 15 heteroatoms. The molecular formula is C38H40N2O12S. The van der Waals surface area contributed by atoms with E-state index in [-0.39, 0.29) is 30.5 Å². The lowest BCUT2D eigenvalue weighted by Crippen LogP contribution is -2.67. The summed E-state index contributed by atoms with van der Waals surface area (Å²) in [5.41, 5.74) is 2.95. The number of phenols is 1. The van der Waals surface area contributed by atoms with Crippen molar-refractivity contribution in [3.63, 3.8) is 0 Å². The molecule has 1 amide bonds. The van der Waals surface area contributed by atoms with Crippen molar-refractivity contribution in [2.45, 2.75) is 75.0 Å². The number of aliphatic hydroxyl groups excluding tert-OH is 5. The third-order valence-corrected chi connectivity index (χ3v) is 10.7. The van der Waals surface area contributed by atoms with Crippen LogP contribution in [0.15, 0.2) is 84.0 Å². The van der Waals surface area contributed by atoms with Crippen LogP contribution in [0.5, 0.6) is 17.2 Å². The number of thiazole rings is 1. The van der Waals surface area contributed by atoms with Crippen LogP contribution < -0.4 is 14.8 Å². The zero-order chi connectivity index (χ0) is 37.4. The Kier molecular flexibility index (Phi) is 10.8. The number of benzene rings is 3. The highest BCUT2D eigenvalue weighted by molar-refractivity contribution is 7.21. The number of amides is 1. The van der Waals surface area contributed by atoms with E-state index in [2.05, 4.69) is 5.32 Å². The van der Waals surface area contributed by atoms with E-state index < -0.39 is 67.1 Å². The monoisotopic (exact) mass is 748 g/mol. The van der Waals surface area contributed by atoms with Crippen LogP contribution in [0.4, 0.5) is 0 Å². The van der Waals surface area contributed by atoms with Crippen LogP contribution in [0.2, 0.25) is 0 Å². The predicted octanol–water partition coefficient (Wildman–Crippen LogP) is 2.25. The molecule has 280 valence electrons. The van der Waals surface area contributed by atoms with E-state index in [1.165, 1.54) is 25.1 Å². The molecule has 0 radical (unpaired) electrons. The summed E-state index contributed by atoms with van der Waals surface area (Å²) in [7, 11) is 0. The van der Waals surface area contributed by atoms with E-state index in [1.807, 2.05) is 48.5 Å². The maximum atomic E-state index is 13.0. The normalized spacial score (nSPS) is 30.3. The standard InChI is InChI=1S/C38H40N2O12S/c1-18(13-14-48-24-9-5-3-7-21(24)37-39-22-8-4-6-10-26(22)53-37)33-31(45)32(46)38(52-33)51-25-12-11-20(16-23(25)41)15-19(2)36(47)40-27-28(42)30(44)35-34(29(27)43)49-17-50-35/h3-13,15-16,27-35,38,41-46H,14,17H2,1-2H3,(H,40,47)/b18-13-,19-15+/t27-,28+,29-,30-,31+,32+,33-,34+,35-,38-/m1/s1. The lowest BCUT2D eigenvalue weighted by Gasteiger charge is -2.41. The minimum atomic E-state index is -1.50. The van der Waals surface area contributed by atoms with Gasteiger partial charge in [0.05, 0.1) is 21.8 Å². The van der Waals surface area contributed by atoms with Crippen LogP contribution in [0.3, 0.4) is 0 Å². The maximum Gasteiger partial charge on any atom is 0.247 e. The Labute approximate surface area is 308 Å². The fourth-order valence-electron chi connectivity index (χ4n) is 6.64. The number of para-hydroxylation sites is 2. The second-order valence-electron chi connectivity index (χ2n) is 13.2. The molecule has 0 unspecified atom stereocenters. The van der Waals surface area contributed by atoms with Crippen LogP contribution >= 0.6 is 11.3 Å². The SMILES string of the molecule is C/C(=C/COc1ccccc1-c1nc2ccccc2s1)[C@H]1O[C@@H](Oc2ccc(/C=C(\C)C(=O)N[C@@H]3[C@H](O)[C@@H](O)[C@H]4OCO[C@H]4[C@@H]3O)cc2O)[C@@H](O)[C@@H]1O. The molecule has 7 N–H and O–H groups in total. The quantitative estimate of drug-likeness (QED) is 0.0919. The van der Waals surface area contributed by atoms with E-state index in [0.29, 0.717) is 16.9 Å². The molecule has 4 aromatic rings. The fourth-order valence-corrected chi connectivity index (χ4v) is 7.64. The molecule has 3 aliphatic rings. The van der Waals surface area contributed by atoms with Crippen LogP contribution in [-0.4, -0.2) is 116 Å². The number of fused-ring (bicyclic) bond motifs is 2. The zero-order valence-electron chi connectivity index (χ0n) is 28.7. The molecule has 1 aliphatic carbocycles. The van der Waals surface area contributed by atoms with Gasteiger partial charge in [-0.25, -0.2) is 4.98 Å². The van der Waals surface area contributed by atoms with Crippen molar-refractivity contribution >= 4 is 33.5 Å². The zero-order valence-corrected chi connectivity index (χ0v) is 29.5. The van der Waals surface area contributed by atoms with Crippen molar-refractivity contribution in [3.05, 3.63) is 89.5 Å². The van der Waals surface area contributed by atoms with Gasteiger partial charge in [-0.15, -0.1) is 11.3 Å². The molecule has 53 heavy (non-hydrogen) atoms. The summed E-state index contributed by atoms with van der Waals surface area (Å²) in [5, 5.41) is 67.2. The number of aromatic hydroxyl groups is 1. The predicted molar refractivity (Wildman–Crippen MR) is 192 cm³/mol. The first-order valence-corrected chi connectivity index (χ1v) is 17.8. The first-order valence-electron chi connectivity index (χ1n) is 17.0. The Morgan fingerprint density at radius 2 is 1.64 bits per heavy atom. The summed E-state index contributed by atoms with van der Waals surface area (Å²) in [6.45, 7) is 3.25. The number of nitrogens with one attached hydrogen (secondary N) is 1. The maximum absolute atomic E-state index is 13.0. The molecule has 0 spiro atoms. The van der Waals surface area contributed by atoms with Gasteiger partial charge in [0, 0.05) is 5.57 Å². The lowest BCUT2D eigenvalue weighted by atomic mass is 9.83. The van der Waals surface area contributed by atoms with Crippen molar-refractivity contribution in [2.75, 3.05) is 13.4 Å². The molecule has 3 aromatic carbocycles. The van der Waals surface area contributed by atoms with E-state index in [9.17, 15) is 35.4 Å². The van der Waals surface area contributed by atoms with Crippen molar-refractivity contribution in [2.24, 2.45) is 0 Å². The van der Waals surface area contributed by atoms with Crippen LogP contribution in [0.1, 0.15) is 19.4 Å². The highest BCUT2D eigenvalue weighted by Crippen LogP contribution is 2.37. The second kappa shape index (κ2) is 15.5. The van der Waals surface area contributed by atoms with Gasteiger partial charge in [0.25, 0.3) is 0 Å². The fraction of sp³-hybridized carbons (Fsp3) is 0.368. The number of aromatic nitrogens is 1. The van der Waals surface area contributed by atoms with Gasteiger partial charge in [-0.05, 0) is 73.5 Å². The Morgan fingerprint density at radius 1 is 0.906 bits per heavy atom. The molecule has 2 aliphatic heterocycles. The molecule has 0 bridgehead atoms. The van der Waals surface area contributed by atoms with Gasteiger partial charge in [0.15, 0.2) is 11.5 Å². The average Bonchev–Trinajstić information content (AvgIpc) is 3.89. The molecule has 10 atom stereocenters. The summed E-state index contributed by atoms with van der Waals surface area (Å²) in [6, 6.07) is 18.6. The number of aliphatic hydroxyl groups is 5. The number of carbonyl (C=O) groups excluding carboxylic acids is 1. The minimum absolute atomic E-state index is 0.0339. The van der Waals surface area contributed by atoms with Gasteiger partial charge >= 0.3 is 0 Å². The van der Waals surface area contributed by atoms with Crippen molar-refractivity contribution in [3.8, 4) is 27.8 Å². The van der Waals surface area contributed by atoms with Crippen LogP contribution in [-0.2, 0) is 19.0 Å². The molecule has 1 saturated carbocycles. The number of ether oxygens (including phenoxy) is 5. The van der Waals surface area contributed by atoms with E-state index in [1.54, 1.807) is 30.4 Å². The Hall–Kier alpha value is -4.42. The first kappa shape index (κ1) is 36.9. The minimum Gasteiger partial charge on any atom is -0.504 e. The summed E-state index contributed by atoms with van der Waals surface area (Å²) >= 11 is 1.57. The van der Waals surface area contributed by atoms with Gasteiger partial charge < -0.3 is 59.6 Å². The van der Waals surface area contributed by atoms with E-state index in [4.69, 9.17) is 28.7 Å². The van der Waals surface area contributed by atoms with Gasteiger partial charge in [-0.2, -0.15) is 0 Å². The molecule has 7 rings (SSSR count). The largest absolute Gasteiger partial charge is 0.504 e. The van der Waals surface area contributed by atoms with Crippen LogP contribution in [0.25, 0.3) is 26.9 Å². The molecule has 3 heterocycles. The molecule has 3 fully saturated rings. The third-order valence-electron chi connectivity index (χ3n) is 9.59. The lowest BCUT2D eigenvalue weighted by molar-refractivity contribution is -0.155. The number of hydrogen-bond acceptors (Lipinski definition) is 14. The number of rotatable bonds is 10. The highest BCUT2D eigenvalue weighted by Gasteiger charge is 2.53. The van der Waals surface area contributed by atoms with Gasteiger partial charge in [-0.3, -0.25) is 4.79 Å². The third kappa shape index (κ3) is 7.53. The molecular weight excluding hydrogens is 708 g/mol. The summed E-state index contributed by atoms with van der Waals surface area (Å²) in [4.78, 5) is 17.7. The molecule has 14 nitrogen and oxygen atoms in total. The highest BCUT2D eigenvalue weighted by atomic mass is 32.1. The van der Waals surface area contributed by atoms with Gasteiger partial charge in [0.1, 0.15) is 73.0 Å². The summed E-state index contributed by atoms with van der Waals surface area (Å²) < 4.78 is 29.4. The number of hydrogen-bond donors (Lipinski definition) is 7. The second-order valence-corrected chi connectivity index (χ2v) is 14.2. The first-order chi connectivity index (χ1) is 25.5. The Bertz CT molecular complexity index is 1980. The Balaban J connectivity index is 0.956. The topological polar surface area (TPSA) is 210 Å². The Morgan fingerprint density at radius 3 is 2.42 bits per heavy atom. The number of phenolic OH excluding ortho intramolecular Hbond substituents is 1. The summed E-state index contributed by atoms with van der Waals surface area (Å²) in [6.07, 6.45) is -7.79. The average molecular weight is 749 g/mol. The van der Waals surface area contributed by atoms with Gasteiger partial charge in [-0.1, -0.05) is 30.3 Å². The molecule has 1 aromatic heterocycles. The molecule has 2 saturated heterocycles.